The highest BCUT2D eigenvalue weighted by Crippen LogP contribution is 2.38. The fourth-order valence-electron chi connectivity index (χ4n) is 2.91. The summed E-state index contributed by atoms with van der Waals surface area (Å²) >= 11 is 1.49. The summed E-state index contributed by atoms with van der Waals surface area (Å²) in [6, 6.07) is 9.55. The third-order valence-corrected chi connectivity index (χ3v) is 5.45. The fourth-order valence-corrected chi connectivity index (χ4v) is 4.17. The van der Waals surface area contributed by atoms with E-state index in [1.807, 2.05) is 19.1 Å². The van der Waals surface area contributed by atoms with Crippen molar-refractivity contribution < 1.29 is 9.59 Å². The topological polar surface area (TPSA) is 70.0 Å². The summed E-state index contributed by atoms with van der Waals surface area (Å²) in [4.78, 5) is 25.5. The Hall–Kier alpha value is -2.45. The minimum Gasteiger partial charge on any atom is -0.317 e. The molecule has 1 heterocycles. The number of nitriles is 1. The molecule has 24 heavy (non-hydrogen) atoms. The molecule has 1 aromatic heterocycles. The minimum absolute atomic E-state index is 0.0423. The highest BCUT2D eigenvalue weighted by Gasteiger charge is 2.23. The van der Waals surface area contributed by atoms with Gasteiger partial charge in [0.25, 0.3) is 0 Å². The van der Waals surface area contributed by atoms with E-state index in [4.69, 9.17) is 0 Å². The van der Waals surface area contributed by atoms with Gasteiger partial charge in [-0.3, -0.25) is 9.59 Å². The molecule has 0 atom stereocenters. The van der Waals surface area contributed by atoms with Crippen LogP contribution in [0.5, 0.6) is 0 Å². The summed E-state index contributed by atoms with van der Waals surface area (Å²) in [5.41, 5.74) is 3.42. The van der Waals surface area contributed by atoms with Crippen molar-refractivity contribution in [1.82, 2.24) is 0 Å². The molecule has 1 amide bonds. The Balaban J connectivity index is 1.59. The molecule has 0 aliphatic heterocycles. The van der Waals surface area contributed by atoms with Crippen molar-refractivity contribution in [1.29, 1.82) is 5.26 Å². The number of hydrogen-bond acceptors (Lipinski definition) is 4. The molecule has 2 aromatic rings. The van der Waals surface area contributed by atoms with Crippen LogP contribution in [0, 0.1) is 18.3 Å². The molecule has 3 rings (SSSR count). The predicted octanol–water partition coefficient (Wildman–Crippen LogP) is 4.02. The van der Waals surface area contributed by atoms with Crippen LogP contribution in [0.1, 0.15) is 51.2 Å². The van der Waals surface area contributed by atoms with Crippen LogP contribution >= 0.6 is 11.3 Å². The van der Waals surface area contributed by atoms with E-state index in [0.29, 0.717) is 16.1 Å². The maximum atomic E-state index is 12.1. The first-order chi connectivity index (χ1) is 11.6. The number of anilines is 1. The first kappa shape index (κ1) is 16.4. The van der Waals surface area contributed by atoms with Gasteiger partial charge < -0.3 is 5.32 Å². The average Bonchev–Trinajstić information content (AvgIpc) is 3.13. The monoisotopic (exact) mass is 338 g/mol. The van der Waals surface area contributed by atoms with Gasteiger partial charge in [-0.25, -0.2) is 0 Å². The number of fused-ring (bicyclic) bond motifs is 1. The highest BCUT2D eigenvalue weighted by molar-refractivity contribution is 7.16. The molecule has 1 aliphatic carbocycles. The van der Waals surface area contributed by atoms with Crippen LogP contribution in [0.2, 0.25) is 0 Å². The molecule has 4 nitrogen and oxygen atoms in total. The van der Waals surface area contributed by atoms with E-state index < -0.39 is 0 Å². The number of nitrogens with one attached hydrogen (secondary N) is 1. The van der Waals surface area contributed by atoms with E-state index in [2.05, 4.69) is 11.4 Å². The Morgan fingerprint density at radius 1 is 1.21 bits per heavy atom. The SMILES string of the molecule is Cc1ccc(C(=O)CCC(=O)Nc2sc3c(c2C#N)CCC3)cc1. The molecule has 1 N–H and O–H groups in total. The van der Waals surface area contributed by atoms with Gasteiger partial charge in [-0.1, -0.05) is 29.8 Å². The van der Waals surface area contributed by atoms with Crippen molar-refractivity contribution in [2.75, 3.05) is 5.32 Å². The molecule has 0 saturated carbocycles. The van der Waals surface area contributed by atoms with Gasteiger partial charge in [0, 0.05) is 23.3 Å². The van der Waals surface area contributed by atoms with E-state index >= 15 is 0 Å². The molecule has 0 unspecified atom stereocenters. The Bertz CT molecular complexity index is 828. The van der Waals surface area contributed by atoms with Crippen LogP contribution in [-0.4, -0.2) is 11.7 Å². The van der Waals surface area contributed by atoms with Gasteiger partial charge in [-0.15, -0.1) is 11.3 Å². The molecule has 122 valence electrons. The zero-order chi connectivity index (χ0) is 17.1. The average molecular weight is 338 g/mol. The molecule has 5 heteroatoms. The number of Topliss-reactive ketones (excluding diaryl/α,β-unsaturated/α-hetero) is 1. The molecule has 1 aliphatic rings. The van der Waals surface area contributed by atoms with E-state index in [0.717, 1.165) is 30.4 Å². The summed E-state index contributed by atoms with van der Waals surface area (Å²) in [5.74, 6) is -0.258. The lowest BCUT2D eigenvalue weighted by molar-refractivity contribution is -0.116. The van der Waals surface area contributed by atoms with Gasteiger partial charge in [-0.2, -0.15) is 5.26 Å². The Morgan fingerprint density at radius 3 is 2.67 bits per heavy atom. The first-order valence-electron chi connectivity index (χ1n) is 8.03. The van der Waals surface area contributed by atoms with Crippen LogP contribution < -0.4 is 5.32 Å². The van der Waals surface area contributed by atoms with Crippen molar-refractivity contribution in [3.63, 3.8) is 0 Å². The summed E-state index contributed by atoms with van der Waals surface area (Å²) in [5, 5.41) is 12.8. The van der Waals surface area contributed by atoms with Crippen LogP contribution in [-0.2, 0) is 17.6 Å². The van der Waals surface area contributed by atoms with E-state index in [-0.39, 0.29) is 24.5 Å². The highest BCUT2D eigenvalue weighted by atomic mass is 32.1. The molecule has 1 aromatic carbocycles. The number of hydrogen-bond donors (Lipinski definition) is 1. The van der Waals surface area contributed by atoms with Gasteiger partial charge in [0.1, 0.15) is 11.1 Å². The number of thiophene rings is 1. The number of ketones is 1. The van der Waals surface area contributed by atoms with Crippen molar-refractivity contribution >= 4 is 28.0 Å². The predicted molar refractivity (Wildman–Crippen MR) is 94.4 cm³/mol. The molecule has 0 spiro atoms. The zero-order valence-electron chi connectivity index (χ0n) is 13.5. The van der Waals surface area contributed by atoms with Crippen LogP contribution in [0.4, 0.5) is 5.00 Å². The number of rotatable bonds is 5. The fraction of sp³-hybridized carbons (Fsp3) is 0.316. The lowest BCUT2D eigenvalue weighted by atomic mass is 10.0. The molecule has 0 fully saturated rings. The van der Waals surface area contributed by atoms with Gasteiger partial charge in [0.15, 0.2) is 5.78 Å². The van der Waals surface area contributed by atoms with E-state index in [1.54, 1.807) is 12.1 Å². The van der Waals surface area contributed by atoms with Crippen molar-refractivity contribution in [2.45, 2.75) is 39.0 Å². The third kappa shape index (κ3) is 3.39. The molecule has 0 saturated heterocycles. The van der Waals surface area contributed by atoms with Crippen molar-refractivity contribution in [2.24, 2.45) is 0 Å². The zero-order valence-corrected chi connectivity index (χ0v) is 14.3. The van der Waals surface area contributed by atoms with E-state index in [1.165, 1.54) is 16.2 Å². The second-order valence-corrected chi connectivity index (χ2v) is 7.12. The maximum absolute atomic E-state index is 12.1. The standard InChI is InChI=1S/C19H18N2O2S/c1-12-5-7-13(8-6-12)16(22)9-10-18(23)21-19-15(11-20)14-3-2-4-17(14)24-19/h5-8H,2-4,9-10H2,1H3,(H,21,23). The van der Waals surface area contributed by atoms with Gasteiger partial charge in [0.05, 0.1) is 5.56 Å². The largest absolute Gasteiger partial charge is 0.317 e. The third-order valence-electron chi connectivity index (χ3n) is 4.24. The molecular weight excluding hydrogens is 320 g/mol. The quantitative estimate of drug-likeness (QED) is 0.837. The second kappa shape index (κ2) is 6.98. The number of aryl methyl sites for hydroxylation is 2. The Morgan fingerprint density at radius 2 is 1.96 bits per heavy atom. The summed E-state index contributed by atoms with van der Waals surface area (Å²) < 4.78 is 0. The van der Waals surface area contributed by atoms with Crippen LogP contribution in [0.3, 0.4) is 0 Å². The molecular formula is C19H18N2O2S. The number of benzene rings is 1. The Kier molecular flexibility index (Phi) is 4.77. The number of nitrogens with zero attached hydrogens (tertiary/aromatic N) is 1. The van der Waals surface area contributed by atoms with Crippen molar-refractivity contribution in [3.05, 3.63) is 51.4 Å². The van der Waals surface area contributed by atoms with Gasteiger partial charge in [-0.05, 0) is 31.7 Å². The summed E-state index contributed by atoms with van der Waals surface area (Å²) in [6.07, 6.45) is 3.27. The first-order valence-corrected chi connectivity index (χ1v) is 8.84. The number of carbonyl (C=O) groups excluding carboxylic acids is 2. The van der Waals surface area contributed by atoms with Gasteiger partial charge >= 0.3 is 0 Å². The number of carbonyl (C=O) groups is 2. The van der Waals surface area contributed by atoms with Gasteiger partial charge in [0.2, 0.25) is 5.91 Å². The smallest absolute Gasteiger partial charge is 0.225 e. The minimum atomic E-state index is -0.216. The summed E-state index contributed by atoms with van der Waals surface area (Å²) in [7, 11) is 0. The molecule has 0 radical (unpaired) electrons. The van der Waals surface area contributed by atoms with Crippen molar-refractivity contribution in [3.8, 4) is 6.07 Å². The maximum Gasteiger partial charge on any atom is 0.225 e. The van der Waals surface area contributed by atoms with Crippen LogP contribution in [0.15, 0.2) is 24.3 Å². The van der Waals surface area contributed by atoms with E-state index in [9.17, 15) is 14.9 Å². The molecule has 0 bridgehead atoms. The van der Waals surface area contributed by atoms with Crippen LogP contribution in [0.25, 0.3) is 0 Å². The number of amides is 1. The summed E-state index contributed by atoms with van der Waals surface area (Å²) in [6.45, 7) is 1.97. The lowest BCUT2D eigenvalue weighted by Gasteiger charge is -2.04. The second-order valence-electron chi connectivity index (χ2n) is 6.01. The Labute approximate surface area is 145 Å². The lowest BCUT2D eigenvalue weighted by Crippen LogP contribution is -2.13. The normalized spacial score (nSPS) is 12.5.